The third kappa shape index (κ3) is 18.1. The van der Waals surface area contributed by atoms with Crippen LogP contribution < -0.4 is 0 Å². The van der Waals surface area contributed by atoms with Gasteiger partial charge in [0.05, 0.1) is 17.6 Å². The highest BCUT2D eigenvalue weighted by Gasteiger charge is 2.23. The normalized spacial score (nSPS) is 13.9. The Balaban J connectivity index is 4.21. The molecule has 0 radical (unpaired) electrons. The summed E-state index contributed by atoms with van der Waals surface area (Å²) in [5.41, 5.74) is 1.19. The van der Waals surface area contributed by atoms with Crippen LogP contribution in [0.5, 0.6) is 0 Å². The van der Waals surface area contributed by atoms with Crippen molar-refractivity contribution in [2.45, 2.75) is 129 Å². The van der Waals surface area contributed by atoms with Gasteiger partial charge in [-0.1, -0.05) is 113 Å². The Bertz CT molecular complexity index is 338. The molecule has 0 aromatic rings. The van der Waals surface area contributed by atoms with E-state index in [2.05, 4.69) is 41.5 Å². The quantitative estimate of drug-likeness (QED) is 0.0627. The smallest absolute Gasteiger partial charge is 0.0717 e. The second-order valence-corrected chi connectivity index (χ2v) is 21.9. The molecule has 0 rings (SSSR count). The number of ether oxygens (including phenoxy) is 2. The molecule has 32 heavy (non-hydrogen) atoms. The summed E-state index contributed by atoms with van der Waals surface area (Å²) in [6.07, 6.45) is 10.1. The van der Waals surface area contributed by atoms with E-state index in [9.17, 15) is 0 Å². The summed E-state index contributed by atoms with van der Waals surface area (Å²) >= 11 is 0. The maximum atomic E-state index is 6.34. The van der Waals surface area contributed by atoms with Crippen molar-refractivity contribution in [3.05, 3.63) is 0 Å². The molecule has 0 saturated heterocycles. The highest BCUT2D eigenvalue weighted by molar-refractivity contribution is 9.26. The lowest BCUT2D eigenvalue weighted by Gasteiger charge is -2.26. The maximum absolute atomic E-state index is 6.34. The van der Waals surface area contributed by atoms with Crippen LogP contribution in [0.4, 0.5) is 0 Å². The van der Waals surface area contributed by atoms with Crippen LogP contribution in [0.15, 0.2) is 0 Å². The van der Waals surface area contributed by atoms with Gasteiger partial charge >= 0.3 is 0 Å². The molecule has 0 N–H and O–H groups in total. The molecule has 0 fully saturated rings. The number of hydrogen-bond donors (Lipinski definition) is 0. The molecule has 2 atom stereocenters. The molecule has 0 bridgehead atoms. The van der Waals surface area contributed by atoms with Crippen LogP contribution in [0.25, 0.3) is 0 Å². The summed E-state index contributed by atoms with van der Waals surface area (Å²) in [4.78, 5) is 0. The van der Waals surface area contributed by atoms with E-state index in [1.807, 2.05) is 41.2 Å². The summed E-state index contributed by atoms with van der Waals surface area (Å²) in [7, 11) is 6.53. The minimum atomic E-state index is -0.761. The maximum Gasteiger partial charge on any atom is 0.0717 e. The second-order valence-electron chi connectivity index (χ2n) is 8.85. The van der Waals surface area contributed by atoms with Gasteiger partial charge in [0.1, 0.15) is 0 Å². The minimum Gasteiger partial charge on any atom is -0.382 e. The number of hydrogen-bond acceptors (Lipinski definition) is 6. The van der Waals surface area contributed by atoms with Crippen LogP contribution in [0.1, 0.15) is 92.9 Å². The van der Waals surface area contributed by atoms with Crippen molar-refractivity contribution >= 4 is 58.8 Å². The van der Waals surface area contributed by atoms with E-state index in [0.29, 0.717) is 11.5 Å². The van der Waals surface area contributed by atoms with Gasteiger partial charge in [0.15, 0.2) is 0 Å². The first kappa shape index (κ1) is 33.8. The monoisotopic (exact) mass is 558 g/mol. The average Bonchev–Trinajstić information content (AvgIpc) is 2.79. The zero-order valence-corrected chi connectivity index (χ0v) is 27.6. The third-order valence-electron chi connectivity index (χ3n) is 5.86. The van der Waals surface area contributed by atoms with E-state index < -0.39 is 17.6 Å². The van der Waals surface area contributed by atoms with Gasteiger partial charge in [-0.25, -0.2) is 0 Å². The molecule has 0 amide bonds. The molecule has 0 aromatic carbocycles. The van der Waals surface area contributed by atoms with Crippen molar-refractivity contribution in [3.63, 3.8) is 0 Å². The molecule has 0 aliphatic heterocycles. The zero-order valence-electron chi connectivity index (χ0n) is 22.1. The van der Waals surface area contributed by atoms with Gasteiger partial charge in [0.25, 0.3) is 0 Å². The second kappa shape index (κ2) is 25.8. The van der Waals surface area contributed by atoms with E-state index in [1.54, 1.807) is 0 Å². The summed E-state index contributed by atoms with van der Waals surface area (Å²) < 4.78 is 12.7. The lowest BCUT2D eigenvalue weighted by Crippen LogP contribution is -2.34. The molecular weight excluding hydrogens is 505 g/mol. The Morgan fingerprint density at radius 3 is 1.16 bits per heavy atom. The van der Waals surface area contributed by atoms with Gasteiger partial charge in [0, 0.05) is 36.2 Å². The number of rotatable bonds is 25. The summed E-state index contributed by atoms with van der Waals surface area (Å²) in [6.45, 7) is 15.8. The van der Waals surface area contributed by atoms with Gasteiger partial charge in [-0.05, 0) is 45.3 Å². The van der Waals surface area contributed by atoms with Gasteiger partial charge in [-0.3, -0.25) is 0 Å². The lowest BCUT2D eigenvalue weighted by molar-refractivity contribution is 0.0999. The first-order valence-corrected chi connectivity index (χ1v) is 23.2. The fourth-order valence-corrected chi connectivity index (χ4v) is 18.2. The molecule has 2 unspecified atom stereocenters. The van der Waals surface area contributed by atoms with Crippen LogP contribution in [0.2, 0.25) is 24.2 Å². The topological polar surface area (TPSA) is 18.5 Å². The van der Waals surface area contributed by atoms with Crippen molar-refractivity contribution in [1.29, 1.82) is 0 Å². The molecule has 0 heterocycles. The Labute approximate surface area is 220 Å². The molecular formula is C24H54O2S4Si2. The van der Waals surface area contributed by atoms with Crippen LogP contribution in [0, 0.1) is 0 Å². The molecule has 0 aliphatic carbocycles. The van der Waals surface area contributed by atoms with Gasteiger partial charge in [-0.15, -0.1) is 0 Å². The Hall–Kier alpha value is 1.75. The fraction of sp³-hybridized carbons (Fsp3) is 1.00. The fourth-order valence-electron chi connectivity index (χ4n) is 4.40. The molecule has 0 saturated carbocycles. The molecule has 8 heteroatoms. The minimum absolute atomic E-state index is 0.594. The highest BCUT2D eigenvalue weighted by atomic mass is 33.7. The molecule has 0 aromatic heterocycles. The van der Waals surface area contributed by atoms with E-state index in [0.717, 1.165) is 26.1 Å². The van der Waals surface area contributed by atoms with Gasteiger partial charge in [0.2, 0.25) is 0 Å². The first-order chi connectivity index (χ1) is 15.7. The Morgan fingerprint density at radius 1 is 0.531 bits per heavy atom. The van der Waals surface area contributed by atoms with Crippen molar-refractivity contribution in [2.24, 2.45) is 0 Å². The van der Waals surface area contributed by atoms with Crippen molar-refractivity contribution < 1.29 is 9.47 Å². The van der Waals surface area contributed by atoms with Gasteiger partial charge < -0.3 is 9.47 Å². The van der Waals surface area contributed by atoms with Gasteiger partial charge in [-0.2, -0.15) is 0 Å². The summed E-state index contributed by atoms with van der Waals surface area (Å²) in [6, 6.07) is 5.80. The third-order valence-corrected chi connectivity index (χ3v) is 20.8. The Kier molecular flexibility index (Phi) is 27.3. The SMILES string of the molecule is CCCOC(CCSSSSCCC(OCCC)[SiH](CCC)CCC)[SiH](CCC)CCC. The summed E-state index contributed by atoms with van der Waals surface area (Å²) in [5.74, 6) is 2.46. The van der Waals surface area contributed by atoms with Crippen LogP contribution in [-0.4, -0.2) is 53.8 Å². The molecule has 0 spiro atoms. The highest BCUT2D eigenvalue weighted by Crippen LogP contribution is 2.43. The lowest BCUT2D eigenvalue weighted by atomic mass is 10.5. The zero-order chi connectivity index (χ0) is 23.9. The van der Waals surface area contributed by atoms with Crippen molar-refractivity contribution in [2.75, 3.05) is 24.7 Å². The van der Waals surface area contributed by atoms with E-state index in [-0.39, 0.29) is 0 Å². The molecule has 194 valence electrons. The van der Waals surface area contributed by atoms with Crippen molar-refractivity contribution in [3.8, 4) is 0 Å². The first-order valence-electron chi connectivity index (χ1n) is 13.5. The Morgan fingerprint density at radius 2 is 0.875 bits per heavy atom. The largest absolute Gasteiger partial charge is 0.382 e. The standard InChI is InChI=1S/C24H54O2S4Si2/c1-7-15-25-23(31(19-9-3)20-10-4)13-17-27-29-30-28-18-14-24(26-16-8-2)32(21-11-5)22-12-6/h23-24,31-32H,7-22H2,1-6H3. The predicted molar refractivity (Wildman–Crippen MR) is 164 cm³/mol. The molecule has 2 nitrogen and oxygen atoms in total. The van der Waals surface area contributed by atoms with Crippen molar-refractivity contribution in [1.82, 2.24) is 0 Å². The van der Waals surface area contributed by atoms with E-state index in [1.165, 1.54) is 74.2 Å². The van der Waals surface area contributed by atoms with Crippen LogP contribution >= 0.6 is 41.2 Å². The average molecular weight is 559 g/mol. The van der Waals surface area contributed by atoms with Crippen LogP contribution in [-0.2, 0) is 9.47 Å². The summed E-state index contributed by atoms with van der Waals surface area (Å²) in [5, 5.41) is 0. The van der Waals surface area contributed by atoms with Crippen LogP contribution in [0.3, 0.4) is 0 Å². The van der Waals surface area contributed by atoms with E-state index in [4.69, 9.17) is 9.47 Å². The predicted octanol–water partition coefficient (Wildman–Crippen LogP) is 9.21. The molecule has 0 aliphatic rings. The van der Waals surface area contributed by atoms with E-state index >= 15 is 0 Å².